The largest absolute Gasteiger partial charge is 0.494 e. The molecule has 6 rings (SSSR count). The predicted octanol–water partition coefficient (Wildman–Crippen LogP) is 13.7. The van der Waals surface area contributed by atoms with E-state index in [4.69, 9.17) is 4.74 Å². The molecule has 0 fully saturated rings. The molecule has 6 amide bonds. The van der Waals surface area contributed by atoms with E-state index in [1.54, 1.807) is 26.0 Å². The first-order valence-electron chi connectivity index (χ1n) is 21.6. The lowest BCUT2D eigenvalue weighted by Gasteiger charge is -2.13. The third-order valence-electron chi connectivity index (χ3n) is 10.2. The van der Waals surface area contributed by atoms with Crippen LogP contribution in [-0.4, -0.2) is 40.5 Å². The minimum Gasteiger partial charge on any atom is -0.494 e. The highest BCUT2D eigenvalue weighted by molar-refractivity contribution is 7.18. The Bertz CT molecular complexity index is 2740. The van der Waals surface area contributed by atoms with Gasteiger partial charge in [-0.25, -0.2) is 23.9 Å². The number of urea groups is 2. The highest BCUT2D eigenvalue weighted by Gasteiger charge is 2.34. The Labute approximate surface area is 400 Å². The van der Waals surface area contributed by atoms with Gasteiger partial charge < -0.3 is 26.0 Å². The lowest BCUT2D eigenvalue weighted by Crippen LogP contribution is -2.22. The van der Waals surface area contributed by atoms with Crippen molar-refractivity contribution in [3.8, 4) is 5.75 Å². The van der Waals surface area contributed by atoms with Gasteiger partial charge in [-0.2, -0.15) is 13.2 Å². The van der Waals surface area contributed by atoms with Gasteiger partial charge in [0.1, 0.15) is 21.3 Å². The van der Waals surface area contributed by atoms with E-state index >= 15 is 0 Å². The summed E-state index contributed by atoms with van der Waals surface area (Å²) in [6, 6.07) is 15.7. The van der Waals surface area contributed by atoms with E-state index in [1.807, 2.05) is 83.3 Å². The highest BCUT2D eigenvalue weighted by Crippen LogP contribution is 2.36. The number of nitrogens with zero attached hydrogens (tertiary/aromatic N) is 2. The van der Waals surface area contributed by atoms with Gasteiger partial charge in [-0.05, 0) is 127 Å². The van der Waals surface area contributed by atoms with E-state index in [0.29, 0.717) is 45.4 Å². The second-order valence-corrected chi connectivity index (χ2v) is 18.1. The van der Waals surface area contributed by atoms with Gasteiger partial charge in [-0.3, -0.25) is 20.2 Å². The molecular weight excluding hydrogens is 921 g/mol. The van der Waals surface area contributed by atoms with Gasteiger partial charge in [0.15, 0.2) is 10.3 Å². The van der Waals surface area contributed by atoms with E-state index in [9.17, 15) is 36.7 Å². The van der Waals surface area contributed by atoms with Crippen LogP contribution in [0.5, 0.6) is 5.75 Å². The molecule has 0 unspecified atom stereocenters. The van der Waals surface area contributed by atoms with Gasteiger partial charge in [-0.1, -0.05) is 84.3 Å². The predicted molar refractivity (Wildman–Crippen MR) is 264 cm³/mol. The molecule has 360 valence electrons. The van der Waals surface area contributed by atoms with Crippen molar-refractivity contribution >= 4 is 79.6 Å². The molecule has 6 aromatic rings. The molecule has 0 atom stereocenters. The Hall–Kier alpha value is -6.86. The van der Waals surface area contributed by atoms with Crippen molar-refractivity contribution in [3.05, 3.63) is 133 Å². The summed E-state index contributed by atoms with van der Waals surface area (Å²) >= 11 is 2.02. The number of benzene rings is 4. The van der Waals surface area contributed by atoms with Gasteiger partial charge in [0.25, 0.3) is 11.8 Å². The number of ether oxygens (including phenoxy) is 1. The number of hydrogen-bond acceptors (Lipinski definition) is 9. The summed E-state index contributed by atoms with van der Waals surface area (Å²) in [4.78, 5) is 59.5. The number of amides is 6. The molecule has 4 aromatic carbocycles. The van der Waals surface area contributed by atoms with Gasteiger partial charge in [0.2, 0.25) is 0 Å². The summed E-state index contributed by atoms with van der Waals surface area (Å²) in [6.45, 7) is 17.9. The quantitative estimate of drug-likeness (QED) is 0.0465. The Kier molecular flexibility index (Phi) is 17.8. The number of carbonyl (C=O) groups excluding carboxylic acids is 4. The Morgan fingerprint density at radius 2 is 1.06 bits per heavy atom. The third-order valence-corrected chi connectivity index (χ3v) is 12.3. The Morgan fingerprint density at radius 1 is 0.588 bits per heavy atom. The van der Waals surface area contributed by atoms with E-state index in [0.717, 1.165) is 86.0 Å². The van der Waals surface area contributed by atoms with Crippen molar-refractivity contribution in [2.24, 2.45) is 0 Å². The monoisotopic (exact) mass is 974 g/mol. The second-order valence-electron chi connectivity index (χ2n) is 16.1. The summed E-state index contributed by atoms with van der Waals surface area (Å²) in [7, 11) is 0. The van der Waals surface area contributed by atoms with Crippen LogP contribution in [0.1, 0.15) is 102 Å². The van der Waals surface area contributed by atoms with Crippen LogP contribution in [0.3, 0.4) is 0 Å². The van der Waals surface area contributed by atoms with Crippen LogP contribution in [-0.2, 0) is 6.18 Å². The molecule has 2 heterocycles. The van der Waals surface area contributed by atoms with Crippen LogP contribution in [0.25, 0.3) is 0 Å². The minimum absolute atomic E-state index is 0.0168. The fourth-order valence-corrected chi connectivity index (χ4v) is 8.85. The molecule has 0 spiro atoms. The molecule has 19 heteroatoms. The van der Waals surface area contributed by atoms with Crippen LogP contribution >= 0.6 is 22.7 Å². The SMILES string of the molecule is CCCCCCOc1ccc(NC(=O)Nc2nc(C)c(C(=O)Nc3c(C)cc(C)cc3C)s2)cc1.Cc1cc(C)c(NC(=O)c2sc(NC(=O)Nc3ccc(F)cc3C(F)(F)F)nc2C)c(C)c1. The number of nitrogens with one attached hydrogen (secondary N) is 6. The first kappa shape index (κ1) is 52.1. The molecule has 0 radical (unpaired) electrons. The molecule has 0 bridgehead atoms. The number of hydrogen-bond donors (Lipinski definition) is 6. The molecule has 0 aliphatic rings. The molecule has 0 aliphatic heterocycles. The van der Waals surface area contributed by atoms with Crippen molar-refractivity contribution in [1.29, 1.82) is 0 Å². The zero-order chi connectivity index (χ0) is 49.9. The zero-order valence-corrected chi connectivity index (χ0v) is 40.8. The number of alkyl halides is 3. The number of rotatable bonds is 14. The molecule has 13 nitrogen and oxygen atoms in total. The average Bonchev–Trinajstić information content (AvgIpc) is 3.81. The number of aryl methyl sites for hydroxylation is 8. The van der Waals surface area contributed by atoms with Crippen molar-refractivity contribution in [1.82, 2.24) is 9.97 Å². The fraction of sp³-hybridized carbons (Fsp3) is 0.306. The molecule has 0 saturated carbocycles. The zero-order valence-electron chi connectivity index (χ0n) is 39.2. The van der Waals surface area contributed by atoms with Gasteiger partial charge in [0.05, 0.1) is 29.2 Å². The summed E-state index contributed by atoms with van der Waals surface area (Å²) in [5.41, 5.74) is 7.06. The number of unbranched alkanes of at least 4 members (excludes halogenated alkanes) is 3. The first-order valence-corrected chi connectivity index (χ1v) is 23.2. The Balaban J connectivity index is 0.000000255. The first-order chi connectivity index (χ1) is 32.1. The maximum Gasteiger partial charge on any atom is 0.418 e. The summed E-state index contributed by atoms with van der Waals surface area (Å²) < 4.78 is 58.3. The molecule has 0 aliphatic carbocycles. The van der Waals surface area contributed by atoms with Gasteiger partial charge >= 0.3 is 18.2 Å². The lowest BCUT2D eigenvalue weighted by molar-refractivity contribution is -0.137. The maximum absolute atomic E-state index is 13.2. The molecular formula is C49H54F4N8O5S2. The lowest BCUT2D eigenvalue weighted by atomic mass is 10.1. The fourth-order valence-electron chi connectivity index (χ4n) is 7.14. The smallest absolute Gasteiger partial charge is 0.418 e. The molecule has 0 saturated heterocycles. The van der Waals surface area contributed by atoms with Crippen LogP contribution in [0.4, 0.5) is 60.2 Å². The van der Waals surface area contributed by atoms with E-state index in [1.165, 1.54) is 19.3 Å². The van der Waals surface area contributed by atoms with Crippen molar-refractivity contribution in [2.45, 2.75) is 94.2 Å². The number of thiazole rings is 2. The average molecular weight is 975 g/mol. The van der Waals surface area contributed by atoms with Crippen molar-refractivity contribution < 1.29 is 41.5 Å². The number of halogens is 4. The topological polar surface area (TPSA) is 175 Å². The van der Waals surface area contributed by atoms with E-state index < -0.39 is 41.2 Å². The normalized spacial score (nSPS) is 11.0. The van der Waals surface area contributed by atoms with Crippen LogP contribution in [0.2, 0.25) is 0 Å². The van der Waals surface area contributed by atoms with Crippen LogP contribution in [0, 0.1) is 61.2 Å². The number of anilines is 6. The van der Waals surface area contributed by atoms with E-state index in [2.05, 4.69) is 43.5 Å². The van der Waals surface area contributed by atoms with Crippen LogP contribution < -0.4 is 36.6 Å². The minimum atomic E-state index is -4.86. The summed E-state index contributed by atoms with van der Waals surface area (Å²) in [5.74, 6) is -0.976. The number of aromatic nitrogens is 2. The molecule has 6 N–H and O–H groups in total. The highest BCUT2D eigenvalue weighted by atomic mass is 32.1. The van der Waals surface area contributed by atoms with Crippen molar-refractivity contribution in [3.63, 3.8) is 0 Å². The van der Waals surface area contributed by atoms with Gasteiger partial charge in [0, 0.05) is 17.1 Å². The molecule has 68 heavy (non-hydrogen) atoms. The van der Waals surface area contributed by atoms with Crippen LogP contribution in [0.15, 0.2) is 66.7 Å². The third kappa shape index (κ3) is 14.6. The maximum atomic E-state index is 13.2. The number of carbonyl (C=O) groups is 4. The van der Waals surface area contributed by atoms with Gasteiger partial charge in [-0.15, -0.1) is 0 Å². The van der Waals surface area contributed by atoms with E-state index in [-0.39, 0.29) is 15.9 Å². The summed E-state index contributed by atoms with van der Waals surface area (Å²) in [5, 5.41) is 16.1. The van der Waals surface area contributed by atoms with Crippen molar-refractivity contribution in [2.75, 3.05) is 38.5 Å². The molecule has 2 aromatic heterocycles. The summed E-state index contributed by atoms with van der Waals surface area (Å²) in [6.07, 6.45) is -0.239. The Morgan fingerprint density at radius 3 is 1.51 bits per heavy atom. The second kappa shape index (κ2) is 23.2. The standard InChI is InChI=1S/C27H34N4O3S.C22H20F4N4O2S/c1-6-7-8-9-14-34-22-12-10-21(11-13-22)29-26(33)31-27-28-20(5)24(35-27)25(32)30-23-18(3)15-17(2)16-19(23)4;1-10-7-11(2)17(12(3)8-10)29-19(31)18-13(4)27-21(33-18)30-20(32)28-16-6-5-14(23)9-15(16)22(24,25)26/h10-13,15-16H,6-9,14H2,1-5H3,(H,30,32)(H2,28,29,31,33);5-9H,1-4H3,(H,29,31)(H2,27,28,30,32).